The van der Waals surface area contributed by atoms with E-state index >= 15 is 0 Å². The van der Waals surface area contributed by atoms with Gasteiger partial charge < -0.3 is 10.2 Å². The van der Waals surface area contributed by atoms with Crippen LogP contribution in [0.2, 0.25) is 0 Å². The number of quaternary nitrogens is 1. The minimum absolute atomic E-state index is 0.0512. The maximum absolute atomic E-state index is 11.3. The first kappa shape index (κ1) is 11.2. The Labute approximate surface area is 96.8 Å². The molecule has 1 aromatic rings. The van der Waals surface area contributed by atoms with Crippen LogP contribution in [0.1, 0.15) is 23.2 Å². The number of carbonyl (C=O) groups excluding carboxylic acids is 2. The molecule has 0 unspecified atom stereocenters. The number of nitrogens with zero attached hydrogens (tertiary/aromatic N) is 3. The Hall–Kier alpha value is -2.28. The fourth-order valence-electron chi connectivity index (χ4n) is 1.45. The molecule has 1 aliphatic rings. The molecular formula is C10H11N4O3+. The summed E-state index contributed by atoms with van der Waals surface area (Å²) in [5, 5.41) is 7.77. The van der Waals surface area contributed by atoms with E-state index in [-0.39, 0.29) is 18.1 Å². The van der Waals surface area contributed by atoms with E-state index in [4.69, 9.17) is 10.2 Å². The highest BCUT2D eigenvalue weighted by molar-refractivity contribution is 6.16. The third kappa shape index (κ3) is 2.00. The zero-order chi connectivity index (χ0) is 12.5. The molecule has 1 aromatic heterocycles. The lowest BCUT2D eigenvalue weighted by Crippen LogP contribution is -2.44. The SMILES string of the molecule is CC(=O)c1ccc(C[N+]2(C(N)=O)N=CC=N2)o1. The molecule has 0 spiro atoms. The lowest BCUT2D eigenvalue weighted by atomic mass is 10.3. The Bertz CT molecular complexity index is 517. The molecule has 1 aliphatic heterocycles. The van der Waals surface area contributed by atoms with Crippen molar-refractivity contribution in [2.75, 3.05) is 0 Å². The van der Waals surface area contributed by atoms with Gasteiger partial charge in [0.25, 0.3) is 0 Å². The lowest BCUT2D eigenvalue weighted by molar-refractivity contribution is -0.874. The number of amides is 2. The Morgan fingerprint density at radius 1 is 1.35 bits per heavy atom. The van der Waals surface area contributed by atoms with Crippen LogP contribution in [0, 0.1) is 0 Å². The minimum Gasteiger partial charge on any atom is -0.452 e. The number of rotatable bonds is 3. The average Bonchev–Trinajstić information content (AvgIpc) is 2.88. The van der Waals surface area contributed by atoms with Crippen LogP contribution in [0.4, 0.5) is 4.79 Å². The van der Waals surface area contributed by atoms with Crippen molar-refractivity contribution in [1.82, 2.24) is 0 Å². The number of Topliss-reactive ketones (excluding diaryl/α,β-unsaturated/α-hetero) is 1. The highest BCUT2D eigenvalue weighted by atomic mass is 16.4. The number of furan rings is 1. The maximum Gasteiger partial charge on any atom is 0.468 e. The quantitative estimate of drug-likeness (QED) is 0.621. The standard InChI is InChI=1S/C10H10N4O3/c1-7(15)9-3-2-8(17-9)6-14(10(11)16)12-4-5-13-14/h2-5H,6H2,1H3,(H-,11,16)/p+1. The van der Waals surface area contributed by atoms with Gasteiger partial charge in [-0.25, -0.2) is 4.79 Å². The Balaban J connectivity index is 2.24. The van der Waals surface area contributed by atoms with Crippen LogP contribution in [-0.4, -0.2) is 28.9 Å². The van der Waals surface area contributed by atoms with Crippen LogP contribution < -0.4 is 5.73 Å². The lowest BCUT2D eigenvalue weighted by Gasteiger charge is -2.15. The van der Waals surface area contributed by atoms with Gasteiger partial charge >= 0.3 is 6.03 Å². The average molecular weight is 235 g/mol. The summed E-state index contributed by atoms with van der Waals surface area (Å²) in [7, 11) is 0. The summed E-state index contributed by atoms with van der Waals surface area (Å²) < 4.78 is 4.64. The summed E-state index contributed by atoms with van der Waals surface area (Å²) in [6.45, 7) is 1.45. The summed E-state index contributed by atoms with van der Waals surface area (Å²) in [6, 6.07) is 2.43. The van der Waals surface area contributed by atoms with Gasteiger partial charge in [0, 0.05) is 11.6 Å². The second kappa shape index (κ2) is 3.95. The molecule has 0 fully saturated rings. The molecule has 0 aliphatic carbocycles. The normalized spacial score (nSPS) is 16.3. The van der Waals surface area contributed by atoms with Crippen molar-refractivity contribution < 1.29 is 18.7 Å². The summed E-state index contributed by atoms with van der Waals surface area (Å²) in [5.74, 6) is 0.468. The van der Waals surface area contributed by atoms with Crippen LogP contribution in [0.25, 0.3) is 0 Å². The van der Waals surface area contributed by atoms with Crippen molar-refractivity contribution in [3.8, 4) is 0 Å². The molecule has 17 heavy (non-hydrogen) atoms. The molecule has 0 saturated carbocycles. The van der Waals surface area contributed by atoms with Gasteiger partial charge in [0.05, 0.1) is 0 Å². The van der Waals surface area contributed by atoms with Gasteiger partial charge in [0.15, 0.2) is 23.8 Å². The van der Waals surface area contributed by atoms with Crippen molar-refractivity contribution in [3.05, 3.63) is 23.7 Å². The molecule has 2 heterocycles. The van der Waals surface area contributed by atoms with E-state index in [1.165, 1.54) is 19.4 Å². The molecule has 2 amide bonds. The van der Waals surface area contributed by atoms with Gasteiger partial charge in [0.1, 0.15) is 12.4 Å². The first-order valence-corrected chi connectivity index (χ1v) is 4.91. The second-order valence-corrected chi connectivity index (χ2v) is 3.58. The molecule has 0 saturated heterocycles. The van der Waals surface area contributed by atoms with Crippen LogP contribution in [-0.2, 0) is 6.54 Å². The van der Waals surface area contributed by atoms with Gasteiger partial charge in [-0.2, -0.15) is 0 Å². The predicted octanol–water partition coefficient (Wildman–Crippen LogP) is 0.863. The Morgan fingerprint density at radius 3 is 2.47 bits per heavy atom. The van der Waals surface area contributed by atoms with Crippen molar-refractivity contribution in [2.24, 2.45) is 15.9 Å². The van der Waals surface area contributed by atoms with Crippen molar-refractivity contribution >= 4 is 24.2 Å². The molecule has 88 valence electrons. The summed E-state index contributed by atoms with van der Waals surface area (Å²) >= 11 is 0. The highest BCUT2D eigenvalue weighted by Crippen LogP contribution is 2.20. The number of ketones is 1. The second-order valence-electron chi connectivity index (χ2n) is 3.58. The number of primary amides is 1. The zero-order valence-electron chi connectivity index (χ0n) is 9.16. The van der Waals surface area contributed by atoms with E-state index in [0.29, 0.717) is 5.76 Å². The Kier molecular flexibility index (Phi) is 2.60. The number of hydrogen-bond acceptors (Lipinski definition) is 5. The van der Waals surface area contributed by atoms with Gasteiger partial charge in [-0.1, -0.05) is 0 Å². The van der Waals surface area contributed by atoms with Crippen LogP contribution in [0.15, 0.2) is 26.8 Å². The van der Waals surface area contributed by atoms with Crippen molar-refractivity contribution in [2.45, 2.75) is 13.5 Å². The van der Waals surface area contributed by atoms with E-state index in [2.05, 4.69) is 10.2 Å². The van der Waals surface area contributed by atoms with Crippen LogP contribution >= 0.6 is 0 Å². The number of hydrogen-bond donors (Lipinski definition) is 1. The smallest absolute Gasteiger partial charge is 0.452 e. The first-order chi connectivity index (χ1) is 8.03. The van der Waals surface area contributed by atoms with Gasteiger partial charge in [-0.3, -0.25) is 4.79 Å². The van der Waals surface area contributed by atoms with E-state index in [9.17, 15) is 9.59 Å². The van der Waals surface area contributed by atoms with Crippen LogP contribution in [0.3, 0.4) is 0 Å². The van der Waals surface area contributed by atoms with Crippen LogP contribution in [0.5, 0.6) is 0 Å². The molecule has 0 bridgehead atoms. The van der Waals surface area contributed by atoms with Crippen molar-refractivity contribution in [3.63, 3.8) is 0 Å². The molecule has 0 atom stereocenters. The maximum atomic E-state index is 11.3. The van der Waals surface area contributed by atoms with E-state index in [1.807, 2.05) is 0 Å². The topological polar surface area (TPSA) is 98.0 Å². The fraction of sp³-hybridized carbons (Fsp3) is 0.200. The molecule has 0 aromatic carbocycles. The van der Waals surface area contributed by atoms with E-state index < -0.39 is 10.7 Å². The largest absolute Gasteiger partial charge is 0.468 e. The summed E-state index contributed by atoms with van der Waals surface area (Å²) in [4.78, 5) is 22.4. The molecule has 2 N–H and O–H groups in total. The molecule has 7 nitrogen and oxygen atoms in total. The summed E-state index contributed by atoms with van der Waals surface area (Å²) in [5.41, 5.74) is 5.24. The van der Waals surface area contributed by atoms with E-state index in [1.54, 1.807) is 12.1 Å². The van der Waals surface area contributed by atoms with Gasteiger partial charge in [-0.15, -0.1) is 0 Å². The third-order valence-corrected chi connectivity index (χ3v) is 2.32. The fourth-order valence-corrected chi connectivity index (χ4v) is 1.45. The molecule has 7 heteroatoms. The zero-order valence-corrected chi connectivity index (χ0v) is 9.16. The summed E-state index contributed by atoms with van der Waals surface area (Å²) in [6.07, 6.45) is 2.78. The van der Waals surface area contributed by atoms with E-state index in [0.717, 1.165) is 0 Å². The molecule has 2 rings (SSSR count). The number of nitrogens with two attached hydrogens (primary N) is 1. The van der Waals surface area contributed by atoms with Crippen molar-refractivity contribution in [1.29, 1.82) is 0 Å². The Morgan fingerprint density at radius 2 is 2.00 bits per heavy atom. The number of carbonyl (C=O) groups is 2. The minimum atomic E-state index is -0.712. The van der Waals surface area contributed by atoms with Gasteiger partial charge in [-0.05, 0) is 22.3 Å². The monoisotopic (exact) mass is 235 g/mol. The molecular weight excluding hydrogens is 224 g/mol. The number of urea groups is 1. The predicted molar refractivity (Wildman–Crippen MR) is 59.2 cm³/mol. The van der Waals surface area contributed by atoms with Gasteiger partial charge in [0.2, 0.25) is 0 Å². The first-order valence-electron chi connectivity index (χ1n) is 4.91. The molecule has 0 radical (unpaired) electrons. The highest BCUT2D eigenvalue weighted by Gasteiger charge is 2.39. The third-order valence-electron chi connectivity index (χ3n) is 2.32.